The average Bonchev–Trinajstić information content (AvgIpc) is 2.43. The van der Waals surface area contributed by atoms with Gasteiger partial charge in [-0.25, -0.2) is 4.79 Å². The van der Waals surface area contributed by atoms with Crippen LogP contribution in [0.5, 0.6) is 11.5 Å². The van der Waals surface area contributed by atoms with E-state index in [4.69, 9.17) is 9.47 Å². The lowest BCUT2D eigenvalue weighted by Gasteiger charge is -2.21. The standard InChI is InChI=1S/C15H12O3/c1-17-15(16)11-6-4-8-14-12(11)9-10-5-2-3-7-13(10)18-14/h2-8H,9H2,1H3. The van der Waals surface area contributed by atoms with Gasteiger partial charge >= 0.3 is 5.97 Å². The van der Waals surface area contributed by atoms with Gasteiger partial charge in [0.05, 0.1) is 12.7 Å². The molecular formula is C15H12O3. The molecule has 1 aliphatic rings. The van der Waals surface area contributed by atoms with Crippen molar-refractivity contribution in [2.24, 2.45) is 0 Å². The first-order valence-corrected chi connectivity index (χ1v) is 5.75. The van der Waals surface area contributed by atoms with Gasteiger partial charge in [0.15, 0.2) is 0 Å². The number of hydrogen-bond donors (Lipinski definition) is 0. The van der Waals surface area contributed by atoms with Crippen LogP contribution < -0.4 is 4.74 Å². The lowest BCUT2D eigenvalue weighted by atomic mass is 9.96. The zero-order valence-electron chi connectivity index (χ0n) is 9.97. The summed E-state index contributed by atoms with van der Waals surface area (Å²) in [6, 6.07) is 13.3. The fourth-order valence-electron chi connectivity index (χ4n) is 2.20. The van der Waals surface area contributed by atoms with Crippen LogP contribution in [-0.4, -0.2) is 13.1 Å². The summed E-state index contributed by atoms with van der Waals surface area (Å²) in [5.74, 6) is 1.26. The van der Waals surface area contributed by atoms with Gasteiger partial charge in [-0.15, -0.1) is 0 Å². The second-order valence-corrected chi connectivity index (χ2v) is 4.16. The lowest BCUT2D eigenvalue weighted by Crippen LogP contribution is -2.10. The van der Waals surface area contributed by atoms with Crippen LogP contribution in [0.1, 0.15) is 21.5 Å². The van der Waals surface area contributed by atoms with Crippen molar-refractivity contribution in [1.29, 1.82) is 0 Å². The smallest absolute Gasteiger partial charge is 0.338 e. The van der Waals surface area contributed by atoms with Crippen LogP contribution in [0.3, 0.4) is 0 Å². The fraction of sp³-hybridized carbons (Fsp3) is 0.133. The highest BCUT2D eigenvalue weighted by atomic mass is 16.5. The first-order chi connectivity index (χ1) is 8.79. The Kier molecular flexibility index (Phi) is 2.52. The highest BCUT2D eigenvalue weighted by Gasteiger charge is 2.22. The highest BCUT2D eigenvalue weighted by Crippen LogP contribution is 2.37. The van der Waals surface area contributed by atoms with Crippen LogP contribution in [-0.2, 0) is 11.2 Å². The molecule has 1 aliphatic heterocycles. The Bertz CT molecular complexity index is 617. The van der Waals surface area contributed by atoms with Crippen molar-refractivity contribution in [2.75, 3.05) is 7.11 Å². The fourth-order valence-corrected chi connectivity index (χ4v) is 2.20. The molecule has 0 atom stereocenters. The SMILES string of the molecule is COC(=O)c1cccc2c1Cc1ccccc1O2. The summed E-state index contributed by atoms with van der Waals surface area (Å²) < 4.78 is 10.6. The minimum atomic E-state index is -0.324. The number of rotatable bonds is 1. The molecular weight excluding hydrogens is 228 g/mol. The second kappa shape index (κ2) is 4.18. The van der Waals surface area contributed by atoms with Crippen LogP contribution in [0.25, 0.3) is 0 Å². The van der Waals surface area contributed by atoms with Crippen molar-refractivity contribution in [3.05, 3.63) is 59.2 Å². The molecule has 3 nitrogen and oxygen atoms in total. The quantitative estimate of drug-likeness (QED) is 0.613. The Morgan fingerprint density at radius 2 is 1.89 bits per heavy atom. The Balaban J connectivity index is 2.10. The van der Waals surface area contributed by atoms with Gasteiger partial charge in [0.25, 0.3) is 0 Å². The summed E-state index contributed by atoms with van der Waals surface area (Å²) in [7, 11) is 1.39. The van der Waals surface area contributed by atoms with Crippen molar-refractivity contribution in [1.82, 2.24) is 0 Å². The van der Waals surface area contributed by atoms with Gasteiger partial charge in [-0.3, -0.25) is 0 Å². The maximum absolute atomic E-state index is 11.7. The van der Waals surface area contributed by atoms with Gasteiger partial charge in [0, 0.05) is 12.0 Å². The minimum absolute atomic E-state index is 0.324. The molecule has 0 spiro atoms. The van der Waals surface area contributed by atoms with Crippen molar-refractivity contribution in [2.45, 2.75) is 6.42 Å². The Morgan fingerprint density at radius 1 is 1.11 bits per heavy atom. The van der Waals surface area contributed by atoms with Crippen molar-refractivity contribution < 1.29 is 14.3 Å². The third-order valence-corrected chi connectivity index (χ3v) is 3.10. The Hall–Kier alpha value is -2.29. The zero-order chi connectivity index (χ0) is 12.5. The molecule has 0 fully saturated rings. The third-order valence-electron chi connectivity index (χ3n) is 3.10. The van der Waals surface area contributed by atoms with E-state index < -0.39 is 0 Å². The van der Waals surface area contributed by atoms with Crippen LogP contribution >= 0.6 is 0 Å². The van der Waals surface area contributed by atoms with Gasteiger partial charge in [-0.05, 0) is 23.8 Å². The van der Waals surface area contributed by atoms with Crippen molar-refractivity contribution in [3.63, 3.8) is 0 Å². The van der Waals surface area contributed by atoms with E-state index in [0.717, 1.165) is 22.6 Å². The first kappa shape index (κ1) is 10.8. The number of esters is 1. The summed E-state index contributed by atoms with van der Waals surface area (Å²) >= 11 is 0. The molecule has 0 radical (unpaired) electrons. The van der Waals surface area contributed by atoms with E-state index in [-0.39, 0.29) is 5.97 Å². The van der Waals surface area contributed by atoms with Gasteiger partial charge in [0.2, 0.25) is 0 Å². The van der Waals surface area contributed by atoms with Gasteiger partial charge < -0.3 is 9.47 Å². The Labute approximate surface area is 105 Å². The van der Waals surface area contributed by atoms with Crippen molar-refractivity contribution >= 4 is 5.97 Å². The normalized spacial score (nSPS) is 12.1. The third kappa shape index (κ3) is 1.64. The molecule has 0 bridgehead atoms. The molecule has 2 aromatic carbocycles. The van der Waals surface area contributed by atoms with Crippen LogP contribution in [0.2, 0.25) is 0 Å². The number of fused-ring (bicyclic) bond motifs is 2. The van der Waals surface area contributed by atoms with E-state index >= 15 is 0 Å². The number of methoxy groups -OCH3 is 1. The average molecular weight is 240 g/mol. The molecule has 2 aromatic rings. The molecule has 18 heavy (non-hydrogen) atoms. The topological polar surface area (TPSA) is 35.5 Å². The maximum atomic E-state index is 11.7. The number of carbonyl (C=O) groups is 1. The van der Waals surface area contributed by atoms with E-state index in [1.165, 1.54) is 7.11 Å². The lowest BCUT2D eigenvalue weighted by molar-refractivity contribution is 0.0599. The van der Waals surface area contributed by atoms with Crippen LogP contribution in [0.4, 0.5) is 0 Å². The minimum Gasteiger partial charge on any atom is -0.465 e. The van der Waals surface area contributed by atoms with Gasteiger partial charge in [-0.2, -0.15) is 0 Å². The summed E-state index contributed by atoms with van der Waals surface area (Å²) in [5.41, 5.74) is 2.55. The molecule has 0 N–H and O–H groups in total. The molecule has 0 unspecified atom stereocenters. The van der Waals surface area contributed by atoms with E-state index in [1.807, 2.05) is 30.3 Å². The molecule has 0 saturated carbocycles. The van der Waals surface area contributed by atoms with E-state index in [0.29, 0.717) is 12.0 Å². The number of para-hydroxylation sites is 1. The monoisotopic (exact) mass is 240 g/mol. The molecule has 0 aromatic heterocycles. The summed E-state index contributed by atoms with van der Waals surface area (Å²) in [4.78, 5) is 11.7. The van der Waals surface area contributed by atoms with Gasteiger partial charge in [-0.1, -0.05) is 24.3 Å². The largest absolute Gasteiger partial charge is 0.465 e. The predicted molar refractivity (Wildman–Crippen MR) is 67.1 cm³/mol. The van der Waals surface area contributed by atoms with Gasteiger partial charge in [0.1, 0.15) is 11.5 Å². The molecule has 0 aliphatic carbocycles. The number of ether oxygens (including phenoxy) is 2. The summed E-state index contributed by atoms with van der Waals surface area (Å²) in [6.45, 7) is 0. The van der Waals surface area contributed by atoms with E-state index in [1.54, 1.807) is 12.1 Å². The zero-order valence-corrected chi connectivity index (χ0v) is 9.97. The highest BCUT2D eigenvalue weighted by molar-refractivity contribution is 5.92. The van der Waals surface area contributed by atoms with Crippen LogP contribution in [0.15, 0.2) is 42.5 Å². The maximum Gasteiger partial charge on any atom is 0.338 e. The van der Waals surface area contributed by atoms with E-state index in [9.17, 15) is 4.79 Å². The first-order valence-electron chi connectivity index (χ1n) is 5.75. The predicted octanol–water partition coefficient (Wildman–Crippen LogP) is 3.17. The molecule has 1 heterocycles. The Morgan fingerprint density at radius 3 is 2.72 bits per heavy atom. The molecule has 0 amide bonds. The number of carbonyl (C=O) groups excluding carboxylic acids is 1. The second-order valence-electron chi connectivity index (χ2n) is 4.16. The molecule has 3 heteroatoms. The van der Waals surface area contributed by atoms with E-state index in [2.05, 4.69) is 0 Å². The molecule has 90 valence electrons. The molecule has 0 saturated heterocycles. The van der Waals surface area contributed by atoms with Crippen molar-refractivity contribution in [3.8, 4) is 11.5 Å². The summed E-state index contributed by atoms with van der Waals surface area (Å²) in [6.07, 6.45) is 0.691. The summed E-state index contributed by atoms with van der Waals surface area (Å²) in [5, 5.41) is 0. The number of benzene rings is 2. The molecule has 3 rings (SSSR count). The number of hydrogen-bond acceptors (Lipinski definition) is 3. The van der Waals surface area contributed by atoms with Crippen LogP contribution in [0, 0.1) is 0 Å².